The van der Waals surface area contributed by atoms with Crippen molar-refractivity contribution in [3.05, 3.63) is 42.5 Å². The Morgan fingerprint density at radius 1 is 0.958 bits per heavy atom. The van der Waals surface area contributed by atoms with E-state index in [1.54, 1.807) is 19.1 Å². The highest BCUT2D eigenvalue weighted by molar-refractivity contribution is 5.90. The first-order chi connectivity index (χ1) is 11.7. The average molecular weight is 325 g/mol. The van der Waals surface area contributed by atoms with Crippen molar-refractivity contribution in [3.8, 4) is 23.0 Å². The minimum absolute atomic E-state index is 0.0970. The molecule has 0 radical (unpaired) electrons. The normalized spacial score (nSPS) is 10.4. The van der Waals surface area contributed by atoms with Gasteiger partial charge in [0.15, 0.2) is 0 Å². The van der Waals surface area contributed by atoms with Gasteiger partial charge in [-0.05, 0) is 24.3 Å². The third-order valence-corrected chi connectivity index (χ3v) is 3.03. The molecule has 3 aromatic rings. The maximum Gasteiger partial charge on any atom is 0.224 e. The molecule has 1 amide bonds. The number of hydrogen-bond acceptors (Lipinski definition) is 7. The average Bonchev–Trinajstić information content (AvgIpc) is 2.63. The van der Waals surface area contributed by atoms with Crippen molar-refractivity contribution < 1.29 is 9.18 Å². The number of aromatic nitrogens is 6. The van der Waals surface area contributed by atoms with E-state index in [4.69, 9.17) is 0 Å². The number of pyridine rings is 2. The summed E-state index contributed by atoms with van der Waals surface area (Å²) >= 11 is 0. The quantitative estimate of drug-likeness (QED) is 0.780. The monoisotopic (exact) mass is 325 g/mol. The van der Waals surface area contributed by atoms with Gasteiger partial charge in [-0.25, -0.2) is 9.37 Å². The minimum Gasteiger partial charge on any atom is -0.325 e. The van der Waals surface area contributed by atoms with Gasteiger partial charge in [0.25, 0.3) is 0 Å². The van der Waals surface area contributed by atoms with Gasteiger partial charge in [0.2, 0.25) is 17.6 Å². The van der Waals surface area contributed by atoms with Crippen molar-refractivity contribution in [3.63, 3.8) is 0 Å². The molecule has 0 atom stereocenters. The molecular weight excluding hydrogens is 313 g/mol. The van der Waals surface area contributed by atoms with Crippen LogP contribution >= 0.6 is 0 Å². The Morgan fingerprint density at radius 2 is 1.54 bits per heavy atom. The number of halogens is 1. The van der Waals surface area contributed by atoms with Crippen LogP contribution in [0.25, 0.3) is 23.0 Å². The highest BCUT2D eigenvalue weighted by atomic mass is 19.1. The molecule has 3 aromatic heterocycles. The Bertz CT molecular complexity index is 835. The molecule has 0 unspecified atom stereocenters. The largest absolute Gasteiger partial charge is 0.325 e. The second-order valence-electron chi connectivity index (χ2n) is 4.74. The van der Waals surface area contributed by atoms with Crippen LogP contribution in [0.4, 0.5) is 10.1 Å². The van der Waals surface area contributed by atoms with Crippen LogP contribution in [-0.2, 0) is 4.79 Å². The molecule has 3 heterocycles. The first kappa shape index (κ1) is 15.5. The van der Waals surface area contributed by atoms with Gasteiger partial charge in [0.1, 0.15) is 17.2 Å². The lowest BCUT2D eigenvalue weighted by atomic mass is 10.3. The van der Waals surface area contributed by atoms with E-state index in [2.05, 4.69) is 35.7 Å². The van der Waals surface area contributed by atoms with Crippen LogP contribution in [0, 0.1) is 5.82 Å². The molecule has 0 aliphatic heterocycles. The molecule has 0 fully saturated rings. The highest BCUT2D eigenvalue weighted by Gasteiger charge is 2.09. The Hall–Kier alpha value is -3.36. The second-order valence-corrected chi connectivity index (χ2v) is 4.74. The number of anilines is 1. The lowest BCUT2D eigenvalue weighted by Gasteiger charge is -2.03. The Kier molecular flexibility index (Phi) is 4.41. The fourth-order valence-corrected chi connectivity index (χ4v) is 1.79. The van der Waals surface area contributed by atoms with E-state index in [1.165, 1.54) is 18.3 Å². The molecule has 0 aromatic carbocycles. The van der Waals surface area contributed by atoms with E-state index in [0.29, 0.717) is 23.5 Å². The van der Waals surface area contributed by atoms with Crippen molar-refractivity contribution >= 4 is 11.6 Å². The number of amides is 1. The number of carbonyl (C=O) groups is 1. The van der Waals surface area contributed by atoms with E-state index < -0.39 is 5.82 Å². The van der Waals surface area contributed by atoms with E-state index in [-0.39, 0.29) is 17.6 Å². The molecule has 0 saturated heterocycles. The van der Waals surface area contributed by atoms with Gasteiger partial charge in [-0.2, -0.15) is 0 Å². The van der Waals surface area contributed by atoms with E-state index >= 15 is 0 Å². The summed E-state index contributed by atoms with van der Waals surface area (Å²) in [6.45, 7) is 1.76. The Morgan fingerprint density at radius 3 is 2.00 bits per heavy atom. The summed E-state index contributed by atoms with van der Waals surface area (Å²) in [7, 11) is 0. The first-order valence-corrected chi connectivity index (χ1v) is 7.11. The number of hydrogen-bond donors (Lipinski definition) is 1. The summed E-state index contributed by atoms with van der Waals surface area (Å²) in [6.07, 6.45) is 2.96. The zero-order chi connectivity index (χ0) is 16.9. The van der Waals surface area contributed by atoms with Gasteiger partial charge in [0.05, 0.1) is 18.1 Å². The molecule has 0 bridgehead atoms. The van der Waals surface area contributed by atoms with Crippen molar-refractivity contribution in [1.82, 2.24) is 30.4 Å². The molecule has 0 saturated carbocycles. The third kappa shape index (κ3) is 3.51. The van der Waals surface area contributed by atoms with E-state index in [1.807, 2.05) is 0 Å². The van der Waals surface area contributed by atoms with Crippen LogP contribution in [0.15, 0.2) is 36.7 Å². The molecule has 0 aliphatic carbocycles. The van der Waals surface area contributed by atoms with Crippen LogP contribution in [-0.4, -0.2) is 36.3 Å². The molecule has 120 valence electrons. The maximum atomic E-state index is 12.9. The van der Waals surface area contributed by atoms with Gasteiger partial charge in [-0.1, -0.05) is 6.92 Å². The molecule has 0 spiro atoms. The van der Waals surface area contributed by atoms with Gasteiger partial charge < -0.3 is 5.32 Å². The standard InChI is InChI=1S/C15H12FN7O/c1-2-13(24)19-10-4-6-12(18-8-10)15-22-20-14(21-23-15)11-5-3-9(16)7-17-11/h3-8H,2H2,1H3,(H,19,24). The highest BCUT2D eigenvalue weighted by Crippen LogP contribution is 2.15. The van der Waals surface area contributed by atoms with E-state index in [9.17, 15) is 9.18 Å². The molecule has 3 rings (SSSR count). The van der Waals surface area contributed by atoms with Gasteiger partial charge in [0, 0.05) is 6.42 Å². The van der Waals surface area contributed by atoms with Crippen molar-refractivity contribution in [2.75, 3.05) is 5.32 Å². The molecular formula is C15H12FN7O. The number of carbonyl (C=O) groups excluding carboxylic acids is 1. The second kappa shape index (κ2) is 6.82. The zero-order valence-electron chi connectivity index (χ0n) is 12.6. The van der Waals surface area contributed by atoms with Gasteiger partial charge >= 0.3 is 0 Å². The predicted molar refractivity (Wildman–Crippen MR) is 83.0 cm³/mol. The van der Waals surface area contributed by atoms with Gasteiger partial charge in [-0.15, -0.1) is 20.4 Å². The summed E-state index contributed by atoms with van der Waals surface area (Å²) in [5.41, 5.74) is 1.41. The summed E-state index contributed by atoms with van der Waals surface area (Å²) in [6, 6.07) is 6.04. The molecule has 8 nitrogen and oxygen atoms in total. The number of nitrogens with zero attached hydrogens (tertiary/aromatic N) is 6. The van der Waals surface area contributed by atoms with Crippen LogP contribution in [0.3, 0.4) is 0 Å². The fraction of sp³-hybridized carbons (Fsp3) is 0.133. The van der Waals surface area contributed by atoms with Crippen molar-refractivity contribution in [1.29, 1.82) is 0 Å². The van der Waals surface area contributed by atoms with Crippen LogP contribution in [0.1, 0.15) is 13.3 Å². The van der Waals surface area contributed by atoms with E-state index in [0.717, 1.165) is 6.20 Å². The summed E-state index contributed by atoms with van der Waals surface area (Å²) in [5, 5.41) is 18.4. The third-order valence-electron chi connectivity index (χ3n) is 3.03. The SMILES string of the molecule is CCC(=O)Nc1ccc(-c2nnc(-c3ccc(F)cn3)nn2)nc1. The topological polar surface area (TPSA) is 106 Å². The van der Waals surface area contributed by atoms with Crippen molar-refractivity contribution in [2.24, 2.45) is 0 Å². The smallest absolute Gasteiger partial charge is 0.224 e. The van der Waals surface area contributed by atoms with Crippen LogP contribution in [0.2, 0.25) is 0 Å². The Labute approximate surface area is 136 Å². The molecule has 24 heavy (non-hydrogen) atoms. The van der Waals surface area contributed by atoms with Crippen LogP contribution < -0.4 is 5.32 Å². The molecule has 9 heteroatoms. The molecule has 1 N–H and O–H groups in total. The van der Waals surface area contributed by atoms with Crippen LogP contribution in [0.5, 0.6) is 0 Å². The predicted octanol–water partition coefficient (Wildman–Crippen LogP) is 1.88. The number of rotatable bonds is 4. The lowest BCUT2D eigenvalue weighted by molar-refractivity contribution is -0.115. The summed E-state index contributed by atoms with van der Waals surface area (Å²) in [4.78, 5) is 19.3. The lowest BCUT2D eigenvalue weighted by Crippen LogP contribution is -2.09. The minimum atomic E-state index is -0.448. The maximum absolute atomic E-state index is 12.9. The zero-order valence-corrected chi connectivity index (χ0v) is 12.6. The molecule has 0 aliphatic rings. The first-order valence-electron chi connectivity index (χ1n) is 7.11. The fourth-order valence-electron chi connectivity index (χ4n) is 1.79. The Balaban J connectivity index is 1.78. The summed E-state index contributed by atoms with van der Waals surface area (Å²) in [5.74, 6) is -0.129. The summed E-state index contributed by atoms with van der Waals surface area (Å²) < 4.78 is 12.9. The van der Waals surface area contributed by atoms with Crippen molar-refractivity contribution in [2.45, 2.75) is 13.3 Å². The van der Waals surface area contributed by atoms with Gasteiger partial charge in [-0.3, -0.25) is 9.78 Å². The number of nitrogens with one attached hydrogen (secondary N) is 1.